The summed E-state index contributed by atoms with van der Waals surface area (Å²) in [6.07, 6.45) is 4.23. The van der Waals surface area contributed by atoms with Gasteiger partial charge in [0.2, 0.25) is 5.91 Å². The second-order valence-corrected chi connectivity index (χ2v) is 8.88. The predicted molar refractivity (Wildman–Crippen MR) is 106 cm³/mol. The highest BCUT2D eigenvalue weighted by Gasteiger charge is 2.34. The molecule has 0 spiro atoms. The molecule has 28 heavy (non-hydrogen) atoms. The van der Waals surface area contributed by atoms with Crippen LogP contribution in [0, 0.1) is 5.92 Å². The summed E-state index contributed by atoms with van der Waals surface area (Å²) in [6, 6.07) is 4.96. The van der Waals surface area contributed by atoms with E-state index in [1.807, 2.05) is 6.92 Å². The summed E-state index contributed by atoms with van der Waals surface area (Å²) < 4.78 is 33.8. The van der Waals surface area contributed by atoms with Crippen LogP contribution in [0.25, 0.3) is 0 Å². The summed E-state index contributed by atoms with van der Waals surface area (Å²) in [4.78, 5) is 16.7. The molecule has 1 aromatic carbocycles. The molecular formula is C18H23ClN4O4S. The SMILES string of the molecule is CCn1cnc(S(=O)(=O)N2CCC[C@H](C(=O)Nc3ccc(OC)c(Cl)c3)C2)c1. The second kappa shape index (κ2) is 8.50. The number of nitrogens with one attached hydrogen (secondary N) is 1. The normalized spacial score (nSPS) is 18.0. The number of hydrogen-bond acceptors (Lipinski definition) is 5. The summed E-state index contributed by atoms with van der Waals surface area (Å²) in [5.41, 5.74) is 0.539. The van der Waals surface area contributed by atoms with Crippen LogP contribution in [-0.2, 0) is 21.4 Å². The van der Waals surface area contributed by atoms with Crippen LogP contribution in [0.5, 0.6) is 5.75 Å². The van der Waals surface area contributed by atoms with E-state index < -0.39 is 15.9 Å². The number of nitrogens with zero attached hydrogens (tertiary/aromatic N) is 3. The van der Waals surface area contributed by atoms with Crippen LogP contribution in [0.4, 0.5) is 5.69 Å². The molecule has 1 aliphatic heterocycles. The number of sulfonamides is 1. The minimum atomic E-state index is -3.72. The topological polar surface area (TPSA) is 93.5 Å². The molecule has 0 radical (unpaired) electrons. The van der Waals surface area contributed by atoms with E-state index in [1.54, 1.807) is 22.8 Å². The first-order chi connectivity index (χ1) is 13.3. The molecule has 10 heteroatoms. The summed E-state index contributed by atoms with van der Waals surface area (Å²) in [5.74, 6) is -0.168. The van der Waals surface area contributed by atoms with Crippen LogP contribution < -0.4 is 10.1 Å². The number of amides is 1. The maximum Gasteiger partial charge on any atom is 0.262 e. The van der Waals surface area contributed by atoms with Gasteiger partial charge in [0, 0.05) is 31.5 Å². The molecule has 2 heterocycles. The molecule has 1 N–H and O–H groups in total. The Morgan fingerprint density at radius 3 is 2.86 bits per heavy atom. The fourth-order valence-electron chi connectivity index (χ4n) is 3.14. The lowest BCUT2D eigenvalue weighted by Gasteiger charge is -2.30. The van der Waals surface area contributed by atoms with Gasteiger partial charge in [0.15, 0.2) is 5.03 Å². The number of benzene rings is 1. The Morgan fingerprint density at radius 1 is 1.43 bits per heavy atom. The summed E-state index contributed by atoms with van der Waals surface area (Å²) in [5, 5.41) is 3.21. The summed E-state index contributed by atoms with van der Waals surface area (Å²) in [7, 11) is -2.21. The monoisotopic (exact) mass is 426 g/mol. The molecule has 0 unspecified atom stereocenters. The van der Waals surface area contributed by atoms with Crippen LogP contribution in [-0.4, -0.2) is 48.4 Å². The molecule has 1 aromatic heterocycles. The molecule has 1 amide bonds. The first-order valence-electron chi connectivity index (χ1n) is 9.01. The van der Waals surface area contributed by atoms with Gasteiger partial charge in [-0.05, 0) is 38.0 Å². The van der Waals surface area contributed by atoms with Crippen LogP contribution in [0.2, 0.25) is 5.02 Å². The minimum absolute atomic E-state index is 0.0114. The Kier molecular flexibility index (Phi) is 6.26. The summed E-state index contributed by atoms with van der Waals surface area (Å²) >= 11 is 6.09. The molecule has 2 aromatic rings. The summed E-state index contributed by atoms with van der Waals surface area (Å²) in [6.45, 7) is 3.04. The third-order valence-corrected chi connectivity index (χ3v) is 6.80. The van der Waals surface area contributed by atoms with Crippen molar-refractivity contribution in [3.8, 4) is 5.75 Å². The molecule has 0 bridgehead atoms. The lowest BCUT2D eigenvalue weighted by molar-refractivity contribution is -0.120. The molecule has 8 nitrogen and oxygen atoms in total. The average Bonchev–Trinajstić information content (AvgIpc) is 3.18. The highest BCUT2D eigenvalue weighted by molar-refractivity contribution is 7.89. The smallest absolute Gasteiger partial charge is 0.262 e. The van der Waals surface area contributed by atoms with Crippen LogP contribution in [0.15, 0.2) is 35.7 Å². The third kappa shape index (κ3) is 4.31. The van der Waals surface area contributed by atoms with Crippen molar-refractivity contribution in [3.63, 3.8) is 0 Å². The van der Waals surface area contributed by atoms with Crippen molar-refractivity contribution < 1.29 is 17.9 Å². The molecule has 152 valence electrons. The number of ether oxygens (including phenoxy) is 1. The van der Waals surface area contributed by atoms with Gasteiger partial charge >= 0.3 is 0 Å². The minimum Gasteiger partial charge on any atom is -0.495 e. The lowest BCUT2D eigenvalue weighted by Crippen LogP contribution is -2.43. The number of aromatic nitrogens is 2. The number of imidazole rings is 1. The first-order valence-corrected chi connectivity index (χ1v) is 10.8. The molecule has 1 atom stereocenters. The van der Waals surface area contributed by atoms with E-state index in [0.717, 1.165) is 0 Å². The van der Waals surface area contributed by atoms with E-state index >= 15 is 0 Å². The van der Waals surface area contributed by atoms with Gasteiger partial charge in [0.25, 0.3) is 10.0 Å². The Bertz CT molecular complexity index is 960. The van der Waals surface area contributed by atoms with Crippen LogP contribution >= 0.6 is 11.6 Å². The van der Waals surface area contributed by atoms with Crippen LogP contribution in [0.1, 0.15) is 19.8 Å². The highest BCUT2D eigenvalue weighted by atomic mass is 35.5. The zero-order chi connectivity index (χ0) is 20.3. The van der Waals surface area contributed by atoms with Crippen molar-refractivity contribution in [1.29, 1.82) is 0 Å². The Labute approximate surface area is 169 Å². The number of anilines is 1. The molecule has 1 aliphatic rings. The molecule has 1 fully saturated rings. The van der Waals surface area contributed by atoms with E-state index in [9.17, 15) is 13.2 Å². The van der Waals surface area contributed by atoms with E-state index in [2.05, 4.69) is 10.3 Å². The zero-order valence-corrected chi connectivity index (χ0v) is 17.3. The predicted octanol–water partition coefficient (Wildman–Crippen LogP) is 2.60. The Balaban J connectivity index is 1.70. The van der Waals surface area contributed by atoms with Gasteiger partial charge in [-0.25, -0.2) is 13.4 Å². The van der Waals surface area contributed by atoms with Gasteiger partial charge in [0.1, 0.15) is 5.75 Å². The van der Waals surface area contributed by atoms with E-state index in [4.69, 9.17) is 16.3 Å². The number of rotatable bonds is 6. The standard InChI is InChI=1S/C18H23ClN4O4S/c1-3-22-11-17(20-12-22)28(25,26)23-8-4-5-13(10-23)18(24)21-14-6-7-16(27-2)15(19)9-14/h6-7,9,11-13H,3-5,8,10H2,1-2H3,(H,21,24)/t13-/m0/s1. The molecule has 0 saturated carbocycles. The third-order valence-electron chi connectivity index (χ3n) is 4.75. The Morgan fingerprint density at radius 2 is 2.21 bits per heavy atom. The van der Waals surface area contributed by atoms with Crippen molar-refractivity contribution in [2.45, 2.75) is 31.3 Å². The maximum atomic E-state index is 12.8. The molecule has 1 saturated heterocycles. The van der Waals surface area contributed by atoms with Crippen molar-refractivity contribution in [3.05, 3.63) is 35.7 Å². The fraction of sp³-hybridized carbons (Fsp3) is 0.444. The van der Waals surface area contributed by atoms with Gasteiger partial charge < -0.3 is 14.6 Å². The van der Waals surface area contributed by atoms with E-state index in [1.165, 1.54) is 23.9 Å². The van der Waals surface area contributed by atoms with E-state index in [-0.39, 0.29) is 17.5 Å². The van der Waals surface area contributed by atoms with E-state index in [0.29, 0.717) is 42.4 Å². The van der Waals surface area contributed by atoms with Crippen molar-refractivity contribution >= 4 is 33.2 Å². The maximum absolute atomic E-state index is 12.8. The van der Waals surface area contributed by atoms with Crippen molar-refractivity contribution in [1.82, 2.24) is 13.9 Å². The number of hydrogen-bond donors (Lipinski definition) is 1. The van der Waals surface area contributed by atoms with Gasteiger partial charge in [-0.2, -0.15) is 4.31 Å². The van der Waals surface area contributed by atoms with Gasteiger partial charge in [-0.1, -0.05) is 11.6 Å². The van der Waals surface area contributed by atoms with Crippen molar-refractivity contribution in [2.24, 2.45) is 5.92 Å². The van der Waals surface area contributed by atoms with Gasteiger partial charge in [-0.15, -0.1) is 0 Å². The number of aryl methyl sites for hydroxylation is 1. The highest BCUT2D eigenvalue weighted by Crippen LogP contribution is 2.28. The lowest BCUT2D eigenvalue weighted by atomic mass is 9.98. The average molecular weight is 427 g/mol. The Hall–Kier alpha value is -2.10. The fourth-order valence-corrected chi connectivity index (χ4v) is 4.86. The van der Waals surface area contributed by atoms with Crippen molar-refractivity contribution in [2.75, 3.05) is 25.5 Å². The number of carbonyl (C=O) groups excluding carboxylic acids is 1. The number of halogens is 1. The first kappa shape index (κ1) is 20.6. The molecular weight excluding hydrogens is 404 g/mol. The van der Waals surface area contributed by atoms with Gasteiger partial charge in [-0.3, -0.25) is 4.79 Å². The number of methoxy groups -OCH3 is 1. The van der Waals surface area contributed by atoms with Crippen LogP contribution in [0.3, 0.4) is 0 Å². The quantitative estimate of drug-likeness (QED) is 0.766. The molecule has 0 aliphatic carbocycles. The largest absolute Gasteiger partial charge is 0.495 e. The number of carbonyl (C=O) groups is 1. The van der Waals surface area contributed by atoms with Gasteiger partial charge in [0.05, 0.1) is 24.4 Å². The second-order valence-electron chi connectivity index (χ2n) is 6.58. The zero-order valence-electron chi connectivity index (χ0n) is 15.8. The number of piperidine rings is 1. The molecule has 3 rings (SSSR count).